The minimum Gasteiger partial charge on any atom is -0.482 e. The maximum atomic E-state index is 12.5. The number of aromatic nitrogens is 3. The summed E-state index contributed by atoms with van der Waals surface area (Å²) in [4.78, 5) is 18.3. The van der Waals surface area contributed by atoms with Gasteiger partial charge >= 0.3 is 0 Å². The van der Waals surface area contributed by atoms with Gasteiger partial charge in [-0.05, 0) is 31.9 Å². The molecule has 0 saturated carbocycles. The van der Waals surface area contributed by atoms with Crippen LogP contribution in [0.25, 0.3) is 0 Å². The summed E-state index contributed by atoms with van der Waals surface area (Å²) in [6.07, 6.45) is 5.11. The Morgan fingerprint density at radius 3 is 3.04 bits per heavy atom. The van der Waals surface area contributed by atoms with Crippen LogP contribution < -0.4 is 4.74 Å². The molecule has 0 radical (unpaired) electrons. The number of hydrogen-bond donors (Lipinski definition) is 0. The zero-order valence-electron chi connectivity index (χ0n) is 13.3. The van der Waals surface area contributed by atoms with Crippen LogP contribution in [0.3, 0.4) is 0 Å². The molecule has 2 aromatic rings. The minimum absolute atomic E-state index is 0.00557. The van der Waals surface area contributed by atoms with Gasteiger partial charge in [0.05, 0.1) is 12.1 Å². The van der Waals surface area contributed by atoms with E-state index in [1.54, 1.807) is 31.5 Å². The molecule has 2 aromatic heterocycles. The zero-order valence-corrected chi connectivity index (χ0v) is 13.3. The van der Waals surface area contributed by atoms with Crippen LogP contribution in [0.2, 0.25) is 0 Å². The fraction of sp³-hybridized carbons (Fsp3) is 0.500. The Labute approximate surface area is 134 Å². The zero-order chi connectivity index (χ0) is 16.2. The van der Waals surface area contributed by atoms with Crippen LogP contribution in [0.4, 0.5) is 0 Å². The van der Waals surface area contributed by atoms with Gasteiger partial charge in [-0.2, -0.15) is 0 Å². The van der Waals surface area contributed by atoms with Gasteiger partial charge in [0.25, 0.3) is 5.91 Å². The van der Waals surface area contributed by atoms with Crippen LogP contribution in [0.1, 0.15) is 37.5 Å². The number of hydrogen-bond acceptors (Lipinski definition) is 6. The molecule has 122 valence electrons. The molecule has 3 heterocycles. The second-order valence-electron chi connectivity index (χ2n) is 5.71. The molecular formula is C16H20N4O3. The molecule has 3 rings (SSSR count). The van der Waals surface area contributed by atoms with Crippen molar-refractivity contribution < 1.29 is 13.9 Å². The molecule has 7 nitrogen and oxygen atoms in total. The van der Waals surface area contributed by atoms with Crippen molar-refractivity contribution in [2.75, 3.05) is 13.2 Å². The lowest BCUT2D eigenvalue weighted by molar-refractivity contribution is -0.137. The molecule has 7 heteroatoms. The average Bonchev–Trinajstić information content (AvgIpc) is 3.00. The Morgan fingerprint density at radius 1 is 1.48 bits per heavy atom. The van der Waals surface area contributed by atoms with E-state index in [2.05, 4.69) is 15.2 Å². The van der Waals surface area contributed by atoms with E-state index in [4.69, 9.17) is 9.15 Å². The SMILES string of the molecule is Cc1nnc([C@H]2CCCN(C(=O)COc3cccnc3)[C@H]2C)o1. The summed E-state index contributed by atoms with van der Waals surface area (Å²) >= 11 is 0. The van der Waals surface area contributed by atoms with Gasteiger partial charge in [0.1, 0.15) is 5.75 Å². The fourth-order valence-corrected chi connectivity index (χ4v) is 2.95. The first kappa shape index (κ1) is 15.5. The molecule has 1 fully saturated rings. The molecule has 23 heavy (non-hydrogen) atoms. The van der Waals surface area contributed by atoms with Crippen LogP contribution in [0.15, 0.2) is 28.9 Å². The normalized spacial score (nSPS) is 21.2. The third-order valence-corrected chi connectivity index (χ3v) is 4.16. The van der Waals surface area contributed by atoms with Crippen molar-refractivity contribution in [1.82, 2.24) is 20.1 Å². The summed E-state index contributed by atoms with van der Waals surface area (Å²) < 4.78 is 11.1. The van der Waals surface area contributed by atoms with Gasteiger partial charge in [0.15, 0.2) is 6.61 Å². The molecule has 0 spiro atoms. The molecule has 1 amide bonds. The first-order valence-electron chi connectivity index (χ1n) is 7.77. The highest BCUT2D eigenvalue weighted by atomic mass is 16.5. The monoisotopic (exact) mass is 316 g/mol. The Morgan fingerprint density at radius 2 is 2.35 bits per heavy atom. The average molecular weight is 316 g/mol. The predicted molar refractivity (Wildman–Crippen MR) is 81.9 cm³/mol. The Bertz CT molecular complexity index is 658. The van der Waals surface area contributed by atoms with Crippen LogP contribution in [0.5, 0.6) is 5.75 Å². The number of likely N-dealkylation sites (tertiary alicyclic amines) is 1. The van der Waals surface area contributed by atoms with E-state index in [-0.39, 0.29) is 24.5 Å². The fourth-order valence-electron chi connectivity index (χ4n) is 2.95. The number of piperidine rings is 1. The van der Waals surface area contributed by atoms with E-state index < -0.39 is 0 Å². The maximum Gasteiger partial charge on any atom is 0.260 e. The van der Waals surface area contributed by atoms with Gasteiger partial charge < -0.3 is 14.1 Å². The Hall–Kier alpha value is -2.44. The lowest BCUT2D eigenvalue weighted by atomic mass is 9.90. The molecule has 0 unspecified atom stereocenters. The number of carbonyl (C=O) groups excluding carboxylic acids is 1. The van der Waals surface area contributed by atoms with Gasteiger partial charge in [0.2, 0.25) is 11.8 Å². The minimum atomic E-state index is -0.0395. The molecule has 0 bridgehead atoms. The lowest BCUT2D eigenvalue weighted by Gasteiger charge is -2.37. The van der Waals surface area contributed by atoms with Crippen molar-refractivity contribution in [3.63, 3.8) is 0 Å². The standard InChI is InChI=1S/C16H20N4O3/c1-11-14(16-19-18-12(2)23-16)6-4-8-20(11)15(21)10-22-13-5-3-7-17-9-13/h3,5,7,9,11,14H,4,6,8,10H2,1-2H3/t11-,14-/m0/s1. The first-order chi connectivity index (χ1) is 11.1. The maximum absolute atomic E-state index is 12.5. The highest BCUT2D eigenvalue weighted by molar-refractivity contribution is 5.78. The highest BCUT2D eigenvalue weighted by Gasteiger charge is 2.35. The number of nitrogens with zero attached hydrogens (tertiary/aromatic N) is 4. The van der Waals surface area contributed by atoms with E-state index in [0.29, 0.717) is 17.5 Å². The van der Waals surface area contributed by atoms with Crippen LogP contribution in [-0.4, -0.2) is 45.2 Å². The Kier molecular flexibility index (Phi) is 4.55. The van der Waals surface area contributed by atoms with E-state index in [0.717, 1.165) is 19.4 Å². The molecule has 1 aliphatic heterocycles. The van der Waals surface area contributed by atoms with Crippen molar-refractivity contribution >= 4 is 5.91 Å². The molecule has 0 N–H and O–H groups in total. The smallest absolute Gasteiger partial charge is 0.260 e. The van der Waals surface area contributed by atoms with Crippen LogP contribution >= 0.6 is 0 Å². The quantitative estimate of drug-likeness (QED) is 0.857. The van der Waals surface area contributed by atoms with E-state index in [9.17, 15) is 4.79 Å². The summed E-state index contributed by atoms with van der Waals surface area (Å²) in [5.74, 6) is 1.79. The van der Waals surface area contributed by atoms with Crippen LogP contribution in [0, 0.1) is 6.92 Å². The molecule has 2 atom stereocenters. The van der Waals surface area contributed by atoms with Gasteiger partial charge in [0, 0.05) is 25.7 Å². The highest BCUT2D eigenvalue weighted by Crippen LogP contribution is 2.31. The summed E-state index contributed by atoms with van der Waals surface area (Å²) in [5, 5.41) is 8.00. The molecule has 0 aliphatic carbocycles. The Balaban J connectivity index is 1.63. The molecule has 0 aromatic carbocycles. The summed E-state index contributed by atoms with van der Waals surface area (Å²) in [6, 6.07) is 3.56. The number of ether oxygens (including phenoxy) is 1. The predicted octanol–water partition coefficient (Wildman–Crippen LogP) is 1.95. The van der Waals surface area contributed by atoms with Crippen LogP contribution in [-0.2, 0) is 4.79 Å². The first-order valence-corrected chi connectivity index (χ1v) is 7.77. The van der Waals surface area contributed by atoms with Crippen molar-refractivity contribution in [1.29, 1.82) is 0 Å². The second kappa shape index (κ2) is 6.76. The van der Waals surface area contributed by atoms with Gasteiger partial charge in [-0.25, -0.2) is 0 Å². The lowest BCUT2D eigenvalue weighted by Crippen LogP contribution is -2.47. The largest absolute Gasteiger partial charge is 0.482 e. The van der Waals surface area contributed by atoms with E-state index in [1.807, 2.05) is 11.8 Å². The van der Waals surface area contributed by atoms with Crippen molar-refractivity contribution in [2.24, 2.45) is 0 Å². The molecule has 1 aliphatic rings. The second-order valence-corrected chi connectivity index (χ2v) is 5.71. The number of carbonyl (C=O) groups is 1. The summed E-state index contributed by atoms with van der Waals surface area (Å²) in [7, 11) is 0. The van der Waals surface area contributed by atoms with E-state index >= 15 is 0 Å². The third kappa shape index (κ3) is 3.49. The topological polar surface area (TPSA) is 81.4 Å². The summed E-state index contributed by atoms with van der Waals surface area (Å²) in [5.41, 5.74) is 0. The van der Waals surface area contributed by atoms with Gasteiger partial charge in [-0.1, -0.05) is 0 Å². The van der Waals surface area contributed by atoms with Gasteiger partial charge in [-0.3, -0.25) is 9.78 Å². The molecular weight excluding hydrogens is 296 g/mol. The number of pyridine rings is 1. The molecule has 1 saturated heterocycles. The van der Waals surface area contributed by atoms with Crippen molar-refractivity contribution in [3.05, 3.63) is 36.3 Å². The van der Waals surface area contributed by atoms with Gasteiger partial charge in [-0.15, -0.1) is 10.2 Å². The number of amides is 1. The van der Waals surface area contributed by atoms with Crippen molar-refractivity contribution in [3.8, 4) is 5.75 Å². The number of rotatable bonds is 4. The summed E-state index contributed by atoms with van der Waals surface area (Å²) in [6.45, 7) is 4.52. The third-order valence-electron chi connectivity index (χ3n) is 4.16. The number of aryl methyl sites for hydroxylation is 1. The van der Waals surface area contributed by atoms with Crippen molar-refractivity contribution in [2.45, 2.75) is 38.6 Å². The van der Waals surface area contributed by atoms with E-state index in [1.165, 1.54) is 0 Å².